The van der Waals surface area contributed by atoms with Gasteiger partial charge in [-0.3, -0.25) is 4.79 Å². The van der Waals surface area contributed by atoms with Crippen molar-refractivity contribution in [3.63, 3.8) is 0 Å². The molecule has 2 aromatic rings. The fourth-order valence-corrected chi connectivity index (χ4v) is 7.43. The molecule has 0 heterocycles. The summed E-state index contributed by atoms with van der Waals surface area (Å²) in [5, 5.41) is 0.399. The Bertz CT molecular complexity index is 692. The molecule has 2 aromatic carbocycles. The van der Waals surface area contributed by atoms with Crippen LogP contribution >= 0.6 is 7.14 Å². The van der Waals surface area contributed by atoms with Gasteiger partial charge in [-0.1, -0.05) is 100 Å². The summed E-state index contributed by atoms with van der Waals surface area (Å²) < 4.78 is 14.8. The number of rotatable bonds is 10. The third-order valence-corrected chi connectivity index (χ3v) is 9.11. The molecule has 140 valence electrons. The third kappa shape index (κ3) is 3.78. The summed E-state index contributed by atoms with van der Waals surface area (Å²) in [5.41, 5.74) is 6.00. The molecular formula is C22H30NO2P. The summed E-state index contributed by atoms with van der Waals surface area (Å²) >= 11 is 0. The first-order valence-corrected chi connectivity index (χ1v) is 11.2. The Balaban J connectivity index is 2.77. The van der Waals surface area contributed by atoms with Crippen molar-refractivity contribution in [3.05, 3.63) is 60.7 Å². The summed E-state index contributed by atoms with van der Waals surface area (Å²) in [7, 11) is -3.26. The van der Waals surface area contributed by atoms with Gasteiger partial charge in [0.2, 0.25) is 5.91 Å². The Labute approximate surface area is 157 Å². The molecule has 0 unspecified atom stereocenters. The smallest absolute Gasteiger partial charge is 0.231 e. The maximum atomic E-state index is 14.8. The monoisotopic (exact) mass is 371 g/mol. The molecule has 2 rings (SSSR count). The van der Waals surface area contributed by atoms with Crippen LogP contribution in [0.15, 0.2) is 60.7 Å². The highest BCUT2D eigenvalue weighted by Crippen LogP contribution is 2.60. The lowest BCUT2D eigenvalue weighted by atomic mass is 9.94. The lowest BCUT2D eigenvalue weighted by Crippen LogP contribution is -2.48. The number of carbonyl (C=O) groups excluding carboxylic acids is 1. The van der Waals surface area contributed by atoms with E-state index in [0.29, 0.717) is 12.8 Å². The van der Waals surface area contributed by atoms with Crippen molar-refractivity contribution in [2.45, 2.75) is 57.5 Å². The van der Waals surface area contributed by atoms with Crippen LogP contribution in [0.2, 0.25) is 0 Å². The van der Waals surface area contributed by atoms with E-state index < -0.39 is 18.2 Å². The summed E-state index contributed by atoms with van der Waals surface area (Å²) in [6.07, 6.45) is 4.64. The zero-order valence-electron chi connectivity index (χ0n) is 15.9. The van der Waals surface area contributed by atoms with Crippen molar-refractivity contribution in [1.82, 2.24) is 0 Å². The number of primary amides is 1. The molecule has 0 bridgehead atoms. The van der Waals surface area contributed by atoms with E-state index in [9.17, 15) is 9.36 Å². The first-order chi connectivity index (χ1) is 12.5. The number of benzene rings is 2. The van der Waals surface area contributed by atoms with Crippen LogP contribution in [0, 0.1) is 0 Å². The molecule has 0 spiro atoms. The Morgan fingerprint density at radius 3 is 1.54 bits per heavy atom. The van der Waals surface area contributed by atoms with Crippen LogP contribution in [-0.4, -0.2) is 11.1 Å². The van der Waals surface area contributed by atoms with Crippen LogP contribution in [0.5, 0.6) is 0 Å². The summed E-state index contributed by atoms with van der Waals surface area (Å²) in [6, 6.07) is 18.9. The molecule has 0 atom stereocenters. The Hall–Kier alpha value is -1.86. The van der Waals surface area contributed by atoms with Gasteiger partial charge < -0.3 is 10.3 Å². The third-order valence-electron chi connectivity index (χ3n) is 5.19. The van der Waals surface area contributed by atoms with Gasteiger partial charge in [0.05, 0.1) is 0 Å². The molecule has 0 saturated heterocycles. The van der Waals surface area contributed by atoms with Crippen molar-refractivity contribution in [3.8, 4) is 0 Å². The van der Waals surface area contributed by atoms with E-state index in [1.165, 1.54) is 0 Å². The normalized spacial score (nSPS) is 12.1. The van der Waals surface area contributed by atoms with Gasteiger partial charge in [-0.05, 0) is 12.8 Å². The van der Waals surface area contributed by atoms with E-state index in [1.807, 2.05) is 60.7 Å². The van der Waals surface area contributed by atoms with Crippen molar-refractivity contribution in [2.24, 2.45) is 5.73 Å². The van der Waals surface area contributed by atoms with Crippen molar-refractivity contribution >= 4 is 23.7 Å². The summed E-state index contributed by atoms with van der Waals surface area (Å²) in [6.45, 7) is 4.17. The van der Waals surface area contributed by atoms with E-state index in [2.05, 4.69) is 13.8 Å². The first-order valence-electron chi connectivity index (χ1n) is 9.54. The maximum Gasteiger partial charge on any atom is 0.231 e. The zero-order valence-corrected chi connectivity index (χ0v) is 16.8. The molecule has 0 aliphatic rings. The van der Waals surface area contributed by atoms with Gasteiger partial charge in [0.15, 0.2) is 7.14 Å². The van der Waals surface area contributed by atoms with Gasteiger partial charge in [0, 0.05) is 10.6 Å². The minimum absolute atomic E-state index is 0.435. The van der Waals surface area contributed by atoms with Crippen molar-refractivity contribution in [1.29, 1.82) is 0 Å². The second kappa shape index (κ2) is 9.19. The van der Waals surface area contributed by atoms with Crippen LogP contribution in [0.25, 0.3) is 0 Å². The van der Waals surface area contributed by atoms with E-state index in [4.69, 9.17) is 5.73 Å². The molecule has 0 saturated carbocycles. The van der Waals surface area contributed by atoms with E-state index >= 15 is 0 Å². The van der Waals surface area contributed by atoms with Crippen LogP contribution in [0.1, 0.15) is 52.4 Å². The van der Waals surface area contributed by atoms with E-state index in [1.54, 1.807) is 0 Å². The second-order valence-electron chi connectivity index (χ2n) is 6.88. The summed E-state index contributed by atoms with van der Waals surface area (Å²) in [5.74, 6) is -0.435. The number of nitrogens with two attached hydrogens (primary N) is 1. The molecule has 0 aliphatic heterocycles. The van der Waals surface area contributed by atoms with Gasteiger partial charge in [-0.15, -0.1) is 0 Å². The lowest BCUT2D eigenvalue weighted by molar-refractivity contribution is -0.121. The molecule has 26 heavy (non-hydrogen) atoms. The van der Waals surface area contributed by atoms with Crippen LogP contribution in [-0.2, 0) is 9.36 Å². The first kappa shape index (κ1) is 20.5. The second-order valence-corrected chi connectivity index (χ2v) is 9.99. The summed E-state index contributed by atoms with van der Waals surface area (Å²) in [4.78, 5) is 12.9. The minimum atomic E-state index is -3.26. The predicted molar refractivity (Wildman–Crippen MR) is 111 cm³/mol. The molecule has 1 amide bonds. The predicted octanol–water partition coefficient (Wildman–Crippen LogP) is 4.61. The zero-order chi connectivity index (χ0) is 19.0. The molecule has 4 heteroatoms. The molecular weight excluding hydrogens is 341 g/mol. The minimum Gasteiger partial charge on any atom is -0.369 e. The standard InChI is InChI=1S/C22H30NO2P/c1-3-5-17-22(21(23)24,18-6-4-2)26(25,19-13-9-7-10-14-19)20-15-11-8-12-16-20/h7-16H,3-6,17-18H2,1-2H3,(H2,23,24). The highest BCUT2D eigenvalue weighted by Gasteiger charge is 2.53. The van der Waals surface area contributed by atoms with Gasteiger partial charge in [0.25, 0.3) is 0 Å². The number of carbonyl (C=O) groups is 1. The highest BCUT2D eigenvalue weighted by atomic mass is 31.2. The molecule has 2 N–H and O–H groups in total. The van der Waals surface area contributed by atoms with Gasteiger partial charge in [-0.25, -0.2) is 0 Å². The molecule has 0 radical (unpaired) electrons. The Morgan fingerprint density at radius 2 is 1.23 bits per heavy atom. The fraction of sp³-hybridized carbons (Fsp3) is 0.409. The number of hydrogen-bond donors (Lipinski definition) is 1. The number of hydrogen-bond acceptors (Lipinski definition) is 2. The van der Waals surface area contributed by atoms with Gasteiger partial charge in [-0.2, -0.15) is 0 Å². The Kier molecular flexibility index (Phi) is 7.23. The number of amides is 1. The van der Waals surface area contributed by atoms with Crippen molar-refractivity contribution in [2.75, 3.05) is 0 Å². The van der Waals surface area contributed by atoms with Crippen LogP contribution in [0.3, 0.4) is 0 Å². The SMILES string of the molecule is CCCCC(CCCC)(C(N)=O)P(=O)(c1ccccc1)c1ccccc1. The van der Waals surface area contributed by atoms with Crippen molar-refractivity contribution < 1.29 is 9.36 Å². The van der Waals surface area contributed by atoms with Crippen LogP contribution < -0.4 is 16.3 Å². The fourth-order valence-electron chi connectivity index (χ4n) is 3.70. The maximum absolute atomic E-state index is 14.8. The van der Waals surface area contributed by atoms with Crippen LogP contribution in [0.4, 0.5) is 0 Å². The molecule has 3 nitrogen and oxygen atoms in total. The largest absolute Gasteiger partial charge is 0.369 e. The molecule has 0 aromatic heterocycles. The quantitative estimate of drug-likeness (QED) is 0.620. The lowest BCUT2D eigenvalue weighted by Gasteiger charge is -2.39. The molecule has 0 fully saturated rings. The highest BCUT2D eigenvalue weighted by molar-refractivity contribution is 7.80. The molecule has 0 aliphatic carbocycles. The van der Waals surface area contributed by atoms with Gasteiger partial charge >= 0.3 is 0 Å². The van der Waals surface area contributed by atoms with Gasteiger partial charge in [0.1, 0.15) is 5.16 Å². The average Bonchev–Trinajstić information content (AvgIpc) is 2.69. The topological polar surface area (TPSA) is 60.2 Å². The average molecular weight is 371 g/mol. The number of unbranched alkanes of at least 4 members (excludes halogenated alkanes) is 2. The van der Waals surface area contributed by atoms with E-state index in [-0.39, 0.29) is 0 Å². The van der Waals surface area contributed by atoms with E-state index in [0.717, 1.165) is 36.3 Å². The Morgan fingerprint density at radius 1 is 0.846 bits per heavy atom.